The van der Waals surface area contributed by atoms with Crippen molar-refractivity contribution in [2.45, 2.75) is 50.7 Å². The van der Waals surface area contributed by atoms with Crippen molar-refractivity contribution in [2.24, 2.45) is 17.3 Å². The lowest BCUT2D eigenvalue weighted by atomic mass is 9.48. The van der Waals surface area contributed by atoms with E-state index in [0.717, 1.165) is 38.2 Å². The van der Waals surface area contributed by atoms with Crippen molar-refractivity contribution in [1.29, 1.82) is 5.26 Å². The Morgan fingerprint density at radius 2 is 2.04 bits per heavy atom. The first-order chi connectivity index (χ1) is 11.4. The minimum atomic E-state index is -0.719. The molecule has 126 valence electrons. The number of esters is 1. The van der Waals surface area contributed by atoms with Crippen LogP contribution >= 0.6 is 0 Å². The van der Waals surface area contributed by atoms with Gasteiger partial charge in [0.25, 0.3) is 0 Å². The summed E-state index contributed by atoms with van der Waals surface area (Å²) in [5.41, 5.74) is -0.804. The Hall–Kier alpha value is -1.93. The highest BCUT2D eigenvalue weighted by molar-refractivity contribution is 5.77. The molecule has 24 heavy (non-hydrogen) atoms. The maximum Gasteiger partial charge on any atom is 0.312 e. The number of nitrogens with zero attached hydrogens (tertiary/aromatic N) is 1. The lowest BCUT2D eigenvalue weighted by molar-refractivity contribution is -0.197. The van der Waals surface area contributed by atoms with Crippen LogP contribution < -0.4 is 0 Å². The van der Waals surface area contributed by atoms with Gasteiger partial charge in [-0.1, -0.05) is 6.07 Å². The van der Waals surface area contributed by atoms with Crippen molar-refractivity contribution < 1.29 is 19.0 Å². The molecular weight excluding hydrogens is 309 g/mol. The molecule has 1 aromatic rings. The van der Waals surface area contributed by atoms with Gasteiger partial charge in [-0.3, -0.25) is 4.79 Å². The molecule has 1 aromatic carbocycles. The average Bonchev–Trinajstić information content (AvgIpc) is 2.51. The van der Waals surface area contributed by atoms with Crippen LogP contribution in [0.25, 0.3) is 0 Å². The number of halogens is 1. The fraction of sp³-hybridized carbons (Fsp3) is 0.579. The van der Waals surface area contributed by atoms with E-state index in [1.807, 2.05) is 6.07 Å². The Kier molecular flexibility index (Phi) is 3.43. The molecule has 0 saturated heterocycles. The van der Waals surface area contributed by atoms with Crippen LogP contribution in [0.15, 0.2) is 18.2 Å². The van der Waals surface area contributed by atoms with E-state index in [0.29, 0.717) is 18.3 Å². The molecule has 0 unspecified atom stereocenters. The van der Waals surface area contributed by atoms with Crippen LogP contribution in [0.1, 0.15) is 49.7 Å². The highest BCUT2D eigenvalue weighted by atomic mass is 19.1. The second kappa shape index (κ2) is 5.29. The Morgan fingerprint density at radius 1 is 1.33 bits per heavy atom. The number of carbonyl (C=O) groups is 1. The van der Waals surface area contributed by atoms with Crippen LogP contribution in [0.5, 0.6) is 0 Å². The van der Waals surface area contributed by atoms with Gasteiger partial charge in [0.1, 0.15) is 12.4 Å². The molecule has 0 aromatic heterocycles. The molecule has 4 fully saturated rings. The third kappa shape index (κ3) is 2.50. The normalized spacial score (nSPS) is 36.4. The molecule has 4 aliphatic carbocycles. The third-order valence-corrected chi connectivity index (χ3v) is 6.00. The molecule has 0 heterocycles. The topological polar surface area (TPSA) is 70.3 Å². The summed E-state index contributed by atoms with van der Waals surface area (Å²) in [5, 5.41) is 19.5. The highest BCUT2D eigenvalue weighted by Crippen LogP contribution is 2.62. The zero-order valence-corrected chi connectivity index (χ0v) is 13.4. The van der Waals surface area contributed by atoms with Gasteiger partial charge in [0, 0.05) is 5.56 Å². The van der Waals surface area contributed by atoms with Gasteiger partial charge in [-0.2, -0.15) is 5.26 Å². The monoisotopic (exact) mass is 329 g/mol. The molecule has 5 rings (SSSR count). The SMILES string of the molecule is N#Cc1ccc(COC(=O)C23C[C@H]4C[C@@H](CC(O)(C4)C2)C3)c(F)c1. The zero-order valence-electron chi connectivity index (χ0n) is 13.4. The average molecular weight is 329 g/mol. The maximum atomic E-state index is 13.9. The van der Waals surface area contributed by atoms with E-state index in [4.69, 9.17) is 10.00 Å². The summed E-state index contributed by atoms with van der Waals surface area (Å²) >= 11 is 0. The number of rotatable bonds is 3. The summed E-state index contributed by atoms with van der Waals surface area (Å²) in [6.07, 6.45) is 4.72. The van der Waals surface area contributed by atoms with Crippen LogP contribution in [0, 0.1) is 34.4 Å². The van der Waals surface area contributed by atoms with E-state index in [1.165, 1.54) is 12.1 Å². The van der Waals surface area contributed by atoms with E-state index in [-0.39, 0.29) is 23.7 Å². The molecule has 5 heteroatoms. The number of aliphatic hydroxyl groups is 1. The minimum absolute atomic E-state index is 0.133. The summed E-state index contributed by atoms with van der Waals surface area (Å²) < 4.78 is 19.4. The van der Waals surface area contributed by atoms with Gasteiger partial charge in [-0.15, -0.1) is 0 Å². The van der Waals surface area contributed by atoms with Crippen molar-refractivity contribution in [2.75, 3.05) is 0 Å². The molecule has 0 aliphatic heterocycles. The standard InChI is InChI=1S/C19H20FNO3/c20-16-4-12(9-21)1-2-15(16)10-24-17(22)18-5-13-3-14(6-18)8-19(23,7-13)11-18/h1-2,4,13-14,23H,3,5-8,10-11H2/t13-,14-,18?,19?/m1/s1. The number of ether oxygens (including phenoxy) is 1. The maximum absolute atomic E-state index is 13.9. The lowest BCUT2D eigenvalue weighted by Gasteiger charge is -2.58. The lowest BCUT2D eigenvalue weighted by Crippen LogP contribution is -2.58. The summed E-state index contributed by atoms with van der Waals surface area (Å²) in [6, 6.07) is 6.02. The van der Waals surface area contributed by atoms with E-state index in [1.54, 1.807) is 0 Å². The molecule has 4 aliphatic rings. The first kappa shape index (κ1) is 15.6. The summed E-state index contributed by atoms with van der Waals surface area (Å²) in [7, 11) is 0. The number of benzene rings is 1. The van der Waals surface area contributed by atoms with Gasteiger partial charge in [0.15, 0.2) is 0 Å². The fourth-order valence-electron chi connectivity index (χ4n) is 5.48. The van der Waals surface area contributed by atoms with Crippen molar-refractivity contribution in [3.63, 3.8) is 0 Å². The fourth-order valence-corrected chi connectivity index (χ4v) is 5.48. The Labute approximate surface area is 140 Å². The summed E-state index contributed by atoms with van der Waals surface area (Å²) in [4.78, 5) is 12.7. The van der Waals surface area contributed by atoms with Crippen molar-refractivity contribution in [3.05, 3.63) is 35.1 Å². The molecule has 0 radical (unpaired) electrons. The molecule has 0 amide bonds. The Balaban J connectivity index is 1.48. The molecule has 1 N–H and O–H groups in total. The second-order valence-corrected chi connectivity index (χ2v) is 7.96. The quantitative estimate of drug-likeness (QED) is 0.865. The first-order valence-electron chi connectivity index (χ1n) is 8.50. The Bertz CT molecular complexity index is 725. The number of nitriles is 1. The van der Waals surface area contributed by atoms with Crippen LogP contribution in [-0.4, -0.2) is 16.7 Å². The number of hydrogen-bond donors (Lipinski definition) is 1. The third-order valence-electron chi connectivity index (χ3n) is 6.00. The van der Waals surface area contributed by atoms with Crippen molar-refractivity contribution in [1.82, 2.24) is 0 Å². The van der Waals surface area contributed by atoms with Crippen LogP contribution in [0.2, 0.25) is 0 Å². The number of hydrogen-bond acceptors (Lipinski definition) is 4. The van der Waals surface area contributed by atoms with Crippen molar-refractivity contribution >= 4 is 5.97 Å². The van der Waals surface area contributed by atoms with Crippen LogP contribution in [0.4, 0.5) is 4.39 Å². The van der Waals surface area contributed by atoms with Gasteiger partial charge in [0.2, 0.25) is 0 Å². The van der Waals surface area contributed by atoms with Crippen LogP contribution in [0.3, 0.4) is 0 Å². The smallest absolute Gasteiger partial charge is 0.312 e. The zero-order chi connectivity index (χ0) is 16.9. The summed E-state index contributed by atoms with van der Waals surface area (Å²) in [5.74, 6) is -0.0457. The molecule has 2 atom stereocenters. The first-order valence-corrected chi connectivity index (χ1v) is 8.50. The Morgan fingerprint density at radius 3 is 2.62 bits per heavy atom. The molecule has 4 nitrogen and oxygen atoms in total. The second-order valence-electron chi connectivity index (χ2n) is 7.96. The molecule has 0 spiro atoms. The summed E-state index contributed by atoms with van der Waals surface area (Å²) in [6.45, 7) is -0.133. The van der Waals surface area contributed by atoms with Gasteiger partial charge in [-0.25, -0.2) is 4.39 Å². The van der Waals surface area contributed by atoms with E-state index in [2.05, 4.69) is 0 Å². The molecule has 4 bridgehead atoms. The molecular formula is C19H20FNO3. The largest absolute Gasteiger partial charge is 0.460 e. The molecule has 4 saturated carbocycles. The van der Waals surface area contributed by atoms with Crippen LogP contribution in [-0.2, 0) is 16.1 Å². The van der Waals surface area contributed by atoms with Gasteiger partial charge < -0.3 is 9.84 Å². The van der Waals surface area contributed by atoms with Crippen molar-refractivity contribution in [3.8, 4) is 6.07 Å². The van der Waals surface area contributed by atoms with Gasteiger partial charge >= 0.3 is 5.97 Å². The van der Waals surface area contributed by atoms with Gasteiger partial charge in [-0.05, 0) is 62.5 Å². The highest BCUT2D eigenvalue weighted by Gasteiger charge is 2.60. The minimum Gasteiger partial charge on any atom is -0.460 e. The van der Waals surface area contributed by atoms with E-state index < -0.39 is 16.8 Å². The van der Waals surface area contributed by atoms with E-state index >= 15 is 0 Å². The predicted octanol–water partition coefficient (Wildman–Crippen LogP) is 3.07. The predicted molar refractivity (Wildman–Crippen MR) is 83.0 cm³/mol. The van der Waals surface area contributed by atoms with E-state index in [9.17, 15) is 14.3 Å². The number of carbonyl (C=O) groups excluding carboxylic acids is 1. The van der Waals surface area contributed by atoms with Gasteiger partial charge in [0.05, 0.1) is 22.6 Å².